The van der Waals surface area contributed by atoms with Crippen LogP contribution in [0.4, 0.5) is 0 Å². The average Bonchev–Trinajstić information content (AvgIpc) is 2.50. The molecule has 1 rings (SSSR count). The summed E-state index contributed by atoms with van der Waals surface area (Å²) < 4.78 is 0. The lowest BCUT2D eigenvalue weighted by molar-refractivity contribution is -0.138. The Morgan fingerprint density at radius 3 is 2.62 bits per heavy atom. The van der Waals surface area contributed by atoms with Gasteiger partial charge >= 0.3 is 0 Å². The second kappa shape index (κ2) is 3.74. The average molecular weight is 185 g/mol. The molecule has 0 aromatic carbocycles. The number of hydrogen-bond donors (Lipinski definition) is 2. The van der Waals surface area contributed by atoms with Gasteiger partial charge in [0.15, 0.2) is 0 Å². The quantitative estimate of drug-likeness (QED) is 0.567. The molecule has 1 aliphatic rings. The minimum atomic E-state index is -0.556. The smallest absolute Gasteiger partial charge is 0.240 e. The molecule has 74 valence electrons. The number of primary amides is 1. The number of carbonyl (C=O) groups excluding carboxylic acids is 2. The van der Waals surface area contributed by atoms with Crippen molar-refractivity contribution in [3.05, 3.63) is 0 Å². The molecule has 5 nitrogen and oxygen atoms in total. The van der Waals surface area contributed by atoms with Gasteiger partial charge in [0.25, 0.3) is 0 Å². The molecule has 0 radical (unpaired) electrons. The molecular formula is C8H15N3O2. The molecule has 2 atom stereocenters. The van der Waals surface area contributed by atoms with Crippen molar-refractivity contribution in [1.82, 2.24) is 4.90 Å². The van der Waals surface area contributed by atoms with Gasteiger partial charge in [-0.3, -0.25) is 9.59 Å². The van der Waals surface area contributed by atoms with Crippen molar-refractivity contribution in [2.24, 2.45) is 11.5 Å². The SMILES string of the molecule is C[C@H](N)C(=O)N1CCCC1C(N)=O. The summed E-state index contributed by atoms with van der Waals surface area (Å²) in [6.45, 7) is 2.20. The Labute approximate surface area is 77.1 Å². The molecule has 13 heavy (non-hydrogen) atoms. The maximum Gasteiger partial charge on any atom is 0.240 e. The minimum Gasteiger partial charge on any atom is -0.368 e. The highest BCUT2D eigenvalue weighted by Crippen LogP contribution is 2.17. The molecule has 0 aliphatic carbocycles. The number of carbonyl (C=O) groups is 2. The van der Waals surface area contributed by atoms with Crippen molar-refractivity contribution in [3.63, 3.8) is 0 Å². The number of nitrogens with zero attached hydrogens (tertiary/aromatic N) is 1. The third-order valence-electron chi connectivity index (χ3n) is 2.25. The van der Waals surface area contributed by atoms with Gasteiger partial charge in [0.05, 0.1) is 6.04 Å². The summed E-state index contributed by atoms with van der Waals surface area (Å²) in [6.07, 6.45) is 1.49. The maximum atomic E-state index is 11.5. The normalized spacial score (nSPS) is 24.5. The van der Waals surface area contributed by atoms with Gasteiger partial charge in [0, 0.05) is 6.54 Å². The molecular weight excluding hydrogens is 170 g/mol. The molecule has 0 aromatic heterocycles. The van der Waals surface area contributed by atoms with E-state index in [1.807, 2.05) is 0 Å². The fourth-order valence-corrected chi connectivity index (χ4v) is 1.59. The van der Waals surface area contributed by atoms with E-state index in [2.05, 4.69) is 0 Å². The highest BCUT2D eigenvalue weighted by Gasteiger charge is 2.33. The van der Waals surface area contributed by atoms with E-state index < -0.39 is 18.0 Å². The molecule has 2 amide bonds. The fraction of sp³-hybridized carbons (Fsp3) is 0.750. The van der Waals surface area contributed by atoms with Crippen molar-refractivity contribution in [2.75, 3.05) is 6.54 Å². The van der Waals surface area contributed by atoms with Gasteiger partial charge < -0.3 is 16.4 Å². The first-order valence-electron chi connectivity index (χ1n) is 4.39. The van der Waals surface area contributed by atoms with E-state index in [4.69, 9.17) is 11.5 Å². The molecule has 0 bridgehead atoms. The van der Waals surface area contributed by atoms with Gasteiger partial charge in [0.1, 0.15) is 6.04 Å². The first kappa shape index (κ1) is 9.98. The summed E-state index contributed by atoms with van der Waals surface area (Å²) in [5.41, 5.74) is 10.6. The predicted molar refractivity (Wildman–Crippen MR) is 47.6 cm³/mol. The first-order chi connectivity index (χ1) is 6.04. The standard InChI is InChI=1S/C8H15N3O2/c1-5(9)8(13)11-4-2-3-6(11)7(10)12/h5-6H,2-4,9H2,1H3,(H2,10,12)/t5-,6?/m0/s1. The summed E-state index contributed by atoms with van der Waals surface area (Å²) in [5.74, 6) is -0.632. The van der Waals surface area contributed by atoms with Gasteiger partial charge in [0.2, 0.25) is 11.8 Å². The summed E-state index contributed by atoms with van der Waals surface area (Å²) in [7, 11) is 0. The lowest BCUT2D eigenvalue weighted by Crippen LogP contribution is -2.49. The summed E-state index contributed by atoms with van der Waals surface area (Å²) in [6, 6.07) is -1.00. The van der Waals surface area contributed by atoms with E-state index >= 15 is 0 Å². The van der Waals surface area contributed by atoms with Crippen molar-refractivity contribution in [1.29, 1.82) is 0 Å². The van der Waals surface area contributed by atoms with Gasteiger partial charge in [-0.25, -0.2) is 0 Å². The first-order valence-corrected chi connectivity index (χ1v) is 4.39. The molecule has 0 aromatic rings. The van der Waals surface area contributed by atoms with Crippen LogP contribution in [0.15, 0.2) is 0 Å². The molecule has 1 saturated heterocycles. The van der Waals surface area contributed by atoms with Crippen molar-refractivity contribution >= 4 is 11.8 Å². The van der Waals surface area contributed by atoms with E-state index in [-0.39, 0.29) is 5.91 Å². The van der Waals surface area contributed by atoms with Crippen LogP contribution in [0.25, 0.3) is 0 Å². The van der Waals surface area contributed by atoms with Crippen molar-refractivity contribution < 1.29 is 9.59 Å². The van der Waals surface area contributed by atoms with Gasteiger partial charge in [-0.15, -0.1) is 0 Å². The van der Waals surface area contributed by atoms with E-state index in [1.165, 1.54) is 4.90 Å². The predicted octanol–water partition coefficient (Wildman–Crippen LogP) is -1.19. The molecule has 4 N–H and O–H groups in total. The molecule has 1 aliphatic heterocycles. The highest BCUT2D eigenvalue weighted by atomic mass is 16.2. The van der Waals surface area contributed by atoms with Gasteiger partial charge in [-0.2, -0.15) is 0 Å². The summed E-state index contributed by atoms with van der Waals surface area (Å²) in [5, 5.41) is 0. The summed E-state index contributed by atoms with van der Waals surface area (Å²) in [4.78, 5) is 23.9. The monoisotopic (exact) mass is 185 g/mol. The third kappa shape index (κ3) is 1.98. The van der Waals surface area contributed by atoms with Crippen LogP contribution in [0.2, 0.25) is 0 Å². The van der Waals surface area contributed by atoms with Crippen LogP contribution in [0.5, 0.6) is 0 Å². The zero-order chi connectivity index (χ0) is 10.0. The van der Waals surface area contributed by atoms with E-state index in [0.29, 0.717) is 13.0 Å². The molecule has 5 heteroatoms. The Hall–Kier alpha value is -1.10. The molecule has 0 spiro atoms. The van der Waals surface area contributed by atoms with Crippen LogP contribution >= 0.6 is 0 Å². The van der Waals surface area contributed by atoms with Crippen LogP contribution in [-0.2, 0) is 9.59 Å². The Balaban J connectivity index is 2.68. The lowest BCUT2D eigenvalue weighted by Gasteiger charge is -2.23. The highest BCUT2D eigenvalue weighted by molar-refractivity contribution is 5.89. The Bertz CT molecular complexity index is 227. The minimum absolute atomic E-state index is 0.193. The van der Waals surface area contributed by atoms with Crippen LogP contribution in [0, 0.1) is 0 Å². The Kier molecular flexibility index (Phi) is 2.87. The number of amides is 2. The van der Waals surface area contributed by atoms with Gasteiger partial charge in [-0.1, -0.05) is 0 Å². The van der Waals surface area contributed by atoms with Crippen LogP contribution in [-0.4, -0.2) is 35.3 Å². The van der Waals surface area contributed by atoms with E-state index in [9.17, 15) is 9.59 Å². The number of nitrogens with two attached hydrogens (primary N) is 2. The van der Waals surface area contributed by atoms with Crippen LogP contribution in [0.3, 0.4) is 0 Å². The van der Waals surface area contributed by atoms with Crippen molar-refractivity contribution in [2.45, 2.75) is 31.8 Å². The van der Waals surface area contributed by atoms with Gasteiger partial charge in [-0.05, 0) is 19.8 Å². The Morgan fingerprint density at radius 2 is 2.15 bits per heavy atom. The molecule has 0 saturated carbocycles. The van der Waals surface area contributed by atoms with E-state index in [1.54, 1.807) is 6.92 Å². The number of hydrogen-bond acceptors (Lipinski definition) is 3. The second-order valence-corrected chi connectivity index (χ2v) is 3.38. The topological polar surface area (TPSA) is 89.4 Å². The molecule has 1 heterocycles. The van der Waals surface area contributed by atoms with E-state index in [0.717, 1.165) is 6.42 Å². The zero-order valence-corrected chi connectivity index (χ0v) is 7.69. The third-order valence-corrected chi connectivity index (χ3v) is 2.25. The van der Waals surface area contributed by atoms with Crippen LogP contribution in [0.1, 0.15) is 19.8 Å². The molecule has 1 fully saturated rings. The largest absolute Gasteiger partial charge is 0.368 e. The number of likely N-dealkylation sites (tertiary alicyclic amines) is 1. The van der Waals surface area contributed by atoms with Crippen LogP contribution < -0.4 is 11.5 Å². The molecule has 1 unspecified atom stereocenters. The lowest BCUT2D eigenvalue weighted by atomic mass is 10.2. The van der Waals surface area contributed by atoms with Crippen molar-refractivity contribution in [3.8, 4) is 0 Å². The maximum absolute atomic E-state index is 11.5. The Morgan fingerprint density at radius 1 is 1.54 bits per heavy atom. The summed E-state index contributed by atoms with van der Waals surface area (Å²) >= 11 is 0. The number of rotatable bonds is 2. The second-order valence-electron chi connectivity index (χ2n) is 3.38. The fourth-order valence-electron chi connectivity index (χ4n) is 1.59. The zero-order valence-electron chi connectivity index (χ0n) is 7.69.